The molecule has 1 heterocycles. The van der Waals surface area contributed by atoms with E-state index in [-0.39, 0.29) is 17.5 Å². The van der Waals surface area contributed by atoms with Gasteiger partial charge in [0.2, 0.25) is 5.82 Å². The van der Waals surface area contributed by atoms with E-state index >= 15 is 0 Å². The van der Waals surface area contributed by atoms with Gasteiger partial charge in [0, 0.05) is 17.9 Å². The summed E-state index contributed by atoms with van der Waals surface area (Å²) in [5, 5.41) is 0. The summed E-state index contributed by atoms with van der Waals surface area (Å²) in [4.78, 5) is 11.7. The number of carbonyl (C=O) groups is 1. The molecule has 1 unspecified atom stereocenters. The summed E-state index contributed by atoms with van der Waals surface area (Å²) in [6.07, 6.45) is -0.352. The second kappa shape index (κ2) is 3.85. The van der Waals surface area contributed by atoms with Gasteiger partial charge in [-0.05, 0) is 6.07 Å². The van der Waals surface area contributed by atoms with Crippen LogP contribution in [0.3, 0.4) is 0 Å². The first-order valence-electron chi connectivity index (χ1n) is 5.18. The number of ketones is 1. The molecule has 86 valence electrons. The summed E-state index contributed by atoms with van der Waals surface area (Å²) in [7, 11) is 0. The number of Topliss-reactive ketones (excluding diaryl/α,β-unsaturated/α-hetero) is 1. The quantitative estimate of drug-likeness (QED) is 0.774. The van der Waals surface area contributed by atoms with Crippen LogP contribution in [0.1, 0.15) is 19.4 Å². The number of hydrogen-bond acceptors (Lipinski definition) is 2. The molecule has 4 heteroatoms. The number of hydrogen-bond donors (Lipinski definition) is 0. The Labute approximate surface area is 92.2 Å². The Hall–Kier alpha value is -1.45. The van der Waals surface area contributed by atoms with Gasteiger partial charge in [-0.2, -0.15) is 4.39 Å². The van der Waals surface area contributed by atoms with Crippen molar-refractivity contribution in [2.24, 2.45) is 5.92 Å². The summed E-state index contributed by atoms with van der Waals surface area (Å²) in [6, 6.07) is 2.51. The smallest absolute Gasteiger partial charge is 0.200 e. The first-order chi connectivity index (χ1) is 7.50. The number of ether oxygens (including phenoxy) is 1. The fourth-order valence-electron chi connectivity index (χ4n) is 1.77. The normalized spacial score (nSPS) is 18.4. The molecule has 0 aromatic heterocycles. The molecule has 16 heavy (non-hydrogen) atoms. The van der Waals surface area contributed by atoms with Crippen LogP contribution in [-0.4, -0.2) is 11.9 Å². The summed E-state index contributed by atoms with van der Waals surface area (Å²) < 4.78 is 31.4. The van der Waals surface area contributed by atoms with Crippen LogP contribution in [0.2, 0.25) is 0 Å². The van der Waals surface area contributed by atoms with Gasteiger partial charge >= 0.3 is 0 Å². The molecule has 2 rings (SSSR count). The van der Waals surface area contributed by atoms with E-state index in [2.05, 4.69) is 0 Å². The number of fused-ring (bicyclic) bond motifs is 1. The van der Waals surface area contributed by atoms with Crippen molar-refractivity contribution in [1.82, 2.24) is 0 Å². The summed E-state index contributed by atoms with van der Waals surface area (Å²) in [5.74, 6) is -2.32. The third-order valence-electron chi connectivity index (χ3n) is 2.68. The van der Waals surface area contributed by atoms with Gasteiger partial charge in [0.1, 0.15) is 0 Å². The third kappa shape index (κ3) is 1.68. The van der Waals surface area contributed by atoms with Crippen molar-refractivity contribution in [3.63, 3.8) is 0 Å². The molecule has 0 N–H and O–H groups in total. The van der Waals surface area contributed by atoms with E-state index in [9.17, 15) is 13.6 Å². The van der Waals surface area contributed by atoms with Gasteiger partial charge in [0.15, 0.2) is 23.5 Å². The van der Waals surface area contributed by atoms with Crippen molar-refractivity contribution in [1.29, 1.82) is 0 Å². The molecule has 0 fully saturated rings. The van der Waals surface area contributed by atoms with Crippen LogP contribution in [0.4, 0.5) is 8.78 Å². The van der Waals surface area contributed by atoms with Gasteiger partial charge in [0.25, 0.3) is 0 Å². The van der Waals surface area contributed by atoms with Crippen LogP contribution >= 0.6 is 0 Å². The molecule has 0 bridgehead atoms. The maximum Gasteiger partial charge on any atom is 0.200 e. The van der Waals surface area contributed by atoms with Crippen molar-refractivity contribution in [2.75, 3.05) is 0 Å². The zero-order valence-corrected chi connectivity index (χ0v) is 9.09. The second-order valence-electron chi connectivity index (χ2n) is 4.22. The molecular formula is C12H12F2O2. The largest absolute Gasteiger partial charge is 0.479 e. The Morgan fingerprint density at radius 3 is 2.75 bits per heavy atom. The monoisotopic (exact) mass is 226 g/mol. The van der Waals surface area contributed by atoms with Crippen LogP contribution in [0, 0.1) is 17.6 Å². The van der Waals surface area contributed by atoms with Crippen molar-refractivity contribution >= 4 is 5.78 Å². The number of carbonyl (C=O) groups excluding carboxylic acids is 1. The standard InChI is InChI=1S/C12H12F2O2/c1-6(2)11(15)9-5-7-3-4-8(13)10(14)12(7)16-9/h3-4,6,9H,5H2,1-2H3. The van der Waals surface area contributed by atoms with E-state index < -0.39 is 17.7 Å². The fourth-order valence-corrected chi connectivity index (χ4v) is 1.77. The Bertz CT molecular complexity index is 441. The van der Waals surface area contributed by atoms with E-state index in [1.54, 1.807) is 13.8 Å². The summed E-state index contributed by atoms with van der Waals surface area (Å²) in [5.41, 5.74) is 0.554. The summed E-state index contributed by atoms with van der Waals surface area (Å²) >= 11 is 0. The lowest BCUT2D eigenvalue weighted by atomic mass is 10.00. The maximum absolute atomic E-state index is 13.3. The average Bonchev–Trinajstić information content (AvgIpc) is 2.67. The minimum atomic E-state index is -1.00. The lowest BCUT2D eigenvalue weighted by Crippen LogP contribution is -2.29. The molecule has 0 saturated heterocycles. The predicted molar refractivity (Wildman–Crippen MR) is 54.3 cm³/mol. The van der Waals surface area contributed by atoms with E-state index in [1.165, 1.54) is 6.07 Å². The molecule has 1 atom stereocenters. The molecule has 0 spiro atoms. The second-order valence-corrected chi connectivity index (χ2v) is 4.22. The van der Waals surface area contributed by atoms with Crippen molar-refractivity contribution in [3.05, 3.63) is 29.3 Å². The Morgan fingerprint density at radius 1 is 1.44 bits per heavy atom. The molecule has 0 saturated carbocycles. The third-order valence-corrected chi connectivity index (χ3v) is 2.68. The SMILES string of the molecule is CC(C)C(=O)C1Cc2ccc(F)c(F)c2O1. The van der Waals surface area contributed by atoms with E-state index in [4.69, 9.17) is 4.74 Å². The Morgan fingerprint density at radius 2 is 2.12 bits per heavy atom. The van der Waals surface area contributed by atoms with Gasteiger partial charge in [-0.15, -0.1) is 0 Å². The molecule has 0 aliphatic carbocycles. The number of halogens is 2. The van der Waals surface area contributed by atoms with Crippen LogP contribution in [0.5, 0.6) is 5.75 Å². The van der Waals surface area contributed by atoms with Gasteiger partial charge in [-0.1, -0.05) is 19.9 Å². The molecule has 1 aliphatic rings. The zero-order valence-electron chi connectivity index (χ0n) is 9.09. The molecule has 2 nitrogen and oxygen atoms in total. The topological polar surface area (TPSA) is 26.3 Å². The van der Waals surface area contributed by atoms with Crippen molar-refractivity contribution in [3.8, 4) is 5.75 Å². The Balaban J connectivity index is 2.28. The highest BCUT2D eigenvalue weighted by Crippen LogP contribution is 2.33. The molecule has 1 aromatic rings. The van der Waals surface area contributed by atoms with Gasteiger partial charge < -0.3 is 4.74 Å². The van der Waals surface area contributed by atoms with Gasteiger partial charge in [0.05, 0.1) is 0 Å². The highest BCUT2D eigenvalue weighted by Gasteiger charge is 2.33. The average molecular weight is 226 g/mol. The van der Waals surface area contributed by atoms with Crippen molar-refractivity contribution < 1.29 is 18.3 Å². The fraction of sp³-hybridized carbons (Fsp3) is 0.417. The van der Waals surface area contributed by atoms with Crippen LogP contribution in [0.25, 0.3) is 0 Å². The van der Waals surface area contributed by atoms with Gasteiger partial charge in [-0.25, -0.2) is 4.39 Å². The first-order valence-corrected chi connectivity index (χ1v) is 5.18. The highest BCUT2D eigenvalue weighted by atomic mass is 19.2. The molecule has 0 amide bonds. The Kier molecular flexibility index (Phi) is 2.66. The van der Waals surface area contributed by atoms with Crippen molar-refractivity contribution in [2.45, 2.75) is 26.4 Å². The molecule has 1 aromatic carbocycles. The predicted octanol–water partition coefficient (Wildman–Crippen LogP) is 2.49. The van der Waals surface area contributed by atoms with Crippen LogP contribution in [-0.2, 0) is 11.2 Å². The number of rotatable bonds is 2. The van der Waals surface area contributed by atoms with E-state index in [0.717, 1.165) is 6.07 Å². The zero-order chi connectivity index (χ0) is 11.9. The number of benzene rings is 1. The molecule has 1 aliphatic heterocycles. The first kappa shape index (κ1) is 11.0. The maximum atomic E-state index is 13.3. The minimum Gasteiger partial charge on any atom is -0.479 e. The molecule has 0 radical (unpaired) electrons. The van der Waals surface area contributed by atoms with Crippen LogP contribution < -0.4 is 4.74 Å². The summed E-state index contributed by atoms with van der Waals surface area (Å²) in [6.45, 7) is 3.51. The van der Waals surface area contributed by atoms with Crippen LogP contribution in [0.15, 0.2) is 12.1 Å². The van der Waals surface area contributed by atoms with E-state index in [0.29, 0.717) is 12.0 Å². The lowest BCUT2D eigenvalue weighted by Gasteiger charge is -2.11. The van der Waals surface area contributed by atoms with E-state index in [1.807, 2.05) is 0 Å². The highest BCUT2D eigenvalue weighted by molar-refractivity contribution is 5.86. The van der Waals surface area contributed by atoms with Gasteiger partial charge in [-0.3, -0.25) is 4.79 Å². The lowest BCUT2D eigenvalue weighted by molar-refractivity contribution is -0.128. The minimum absolute atomic E-state index is 0.0870. The molecular weight excluding hydrogens is 214 g/mol.